The molecule has 12 heteroatoms. The first kappa shape index (κ1) is 24.6. The van der Waals surface area contributed by atoms with Gasteiger partial charge in [-0.15, -0.1) is 0 Å². The molecule has 4 rings (SSSR count). The van der Waals surface area contributed by atoms with Crippen molar-refractivity contribution in [2.75, 3.05) is 20.8 Å². The lowest BCUT2D eigenvalue weighted by Gasteiger charge is -2.39. The van der Waals surface area contributed by atoms with E-state index in [0.717, 1.165) is 6.26 Å². The minimum Gasteiger partial charge on any atom is -0.504 e. The number of fused-ring (bicyclic) bond motifs is 1. The molecule has 5 atom stereocenters. The van der Waals surface area contributed by atoms with Crippen molar-refractivity contribution in [1.82, 2.24) is 0 Å². The zero-order valence-corrected chi connectivity index (χ0v) is 18.6. The van der Waals surface area contributed by atoms with Gasteiger partial charge in [0.25, 0.3) is 0 Å². The number of aliphatic hydroxyl groups excluding tert-OH is 4. The maximum absolute atomic E-state index is 13.2. The molecular weight excluding hydrogens is 468 g/mol. The third kappa shape index (κ3) is 4.22. The summed E-state index contributed by atoms with van der Waals surface area (Å²) in [7, 11) is 2.58. The highest BCUT2D eigenvalue weighted by molar-refractivity contribution is 5.91. The number of rotatable bonds is 6. The van der Waals surface area contributed by atoms with Gasteiger partial charge in [-0.3, -0.25) is 4.79 Å². The van der Waals surface area contributed by atoms with Gasteiger partial charge in [-0.25, -0.2) is 0 Å². The molecular formula is C23H24O12. The summed E-state index contributed by atoms with van der Waals surface area (Å²) in [6.45, 7) is -0.663. The second-order valence-corrected chi connectivity index (χ2v) is 7.81. The molecule has 188 valence electrons. The summed E-state index contributed by atoms with van der Waals surface area (Å²) >= 11 is 0. The summed E-state index contributed by atoms with van der Waals surface area (Å²) < 4.78 is 26.7. The predicted octanol–water partition coefficient (Wildman–Crippen LogP) is 0.0671. The Morgan fingerprint density at radius 2 is 1.71 bits per heavy atom. The average Bonchev–Trinajstić information content (AvgIpc) is 2.84. The lowest BCUT2D eigenvalue weighted by Crippen LogP contribution is -2.60. The van der Waals surface area contributed by atoms with Gasteiger partial charge in [0.2, 0.25) is 17.5 Å². The Morgan fingerprint density at radius 1 is 0.971 bits per heavy atom. The van der Waals surface area contributed by atoms with Crippen molar-refractivity contribution in [3.8, 4) is 39.9 Å². The number of benzene rings is 2. The van der Waals surface area contributed by atoms with Gasteiger partial charge in [-0.2, -0.15) is 0 Å². The highest BCUT2D eigenvalue weighted by Gasteiger charge is 2.45. The van der Waals surface area contributed by atoms with E-state index in [-0.39, 0.29) is 39.5 Å². The van der Waals surface area contributed by atoms with Crippen LogP contribution in [0.1, 0.15) is 0 Å². The van der Waals surface area contributed by atoms with E-state index in [2.05, 4.69) is 0 Å². The molecule has 12 nitrogen and oxygen atoms in total. The molecule has 1 aromatic heterocycles. The van der Waals surface area contributed by atoms with Crippen molar-refractivity contribution in [3.05, 3.63) is 40.8 Å². The Balaban J connectivity index is 1.77. The van der Waals surface area contributed by atoms with Gasteiger partial charge in [0.15, 0.2) is 23.0 Å². The molecule has 2 heterocycles. The lowest BCUT2D eigenvalue weighted by atomic mass is 9.99. The number of aromatic hydroxyl groups is 2. The molecule has 35 heavy (non-hydrogen) atoms. The van der Waals surface area contributed by atoms with E-state index in [4.69, 9.17) is 23.4 Å². The summed E-state index contributed by atoms with van der Waals surface area (Å²) in [5, 5.41) is 60.2. The zero-order valence-electron chi connectivity index (χ0n) is 18.6. The molecule has 1 aliphatic heterocycles. The van der Waals surface area contributed by atoms with E-state index >= 15 is 0 Å². The van der Waals surface area contributed by atoms with Crippen LogP contribution in [-0.2, 0) is 4.74 Å². The van der Waals surface area contributed by atoms with E-state index in [1.165, 1.54) is 38.5 Å². The minimum atomic E-state index is -1.72. The molecule has 0 saturated carbocycles. The molecule has 0 bridgehead atoms. The first-order valence-corrected chi connectivity index (χ1v) is 10.4. The second kappa shape index (κ2) is 9.60. The molecule has 0 aliphatic carbocycles. The lowest BCUT2D eigenvalue weighted by molar-refractivity contribution is -0.277. The van der Waals surface area contributed by atoms with E-state index in [9.17, 15) is 35.4 Å². The molecule has 0 unspecified atom stereocenters. The minimum absolute atomic E-state index is 0.0374. The predicted molar refractivity (Wildman–Crippen MR) is 119 cm³/mol. The number of ether oxygens (including phenoxy) is 4. The van der Waals surface area contributed by atoms with Crippen molar-refractivity contribution in [2.24, 2.45) is 0 Å². The Labute approximate surface area is 197 Å². The fourth-order valence-electron chi connectivity index (χ4n) is 3.86. The molecule has 6 N–H and O–H groups in total. The SMILES string of the molecule is COc1ccc(-c2coc3cc(O[C@@H]4O[C@H](CO)[C@H](O)[C@@H](O)[C@H]4O)c(OC)c(O)c3c2=O)cc1O. The Kier molecular flexibility index (Phi) is 6.74. The van der Waals surface area contributed by atoms with Gasteiger partial charge in [-0.1, -0.05) is 6.07 Å². The topological polar surface area (TPSA) is 189 Å². The fourth-order valence-corrected chi connectivity index (χ4v) is 3.86. The molecule has 1 fully saturated rings. The smallest absolute Gasteiger partial charge is 0.229 e. The summed E-state index contributed by atoms with van der Waals surface area (Å²) in [5.41, 5.74) is -0.394. The van der Waals surface area contributed by atoms with Crippen LogP contribution in [0.5, 0.6) is 28.7 Å². The molecule has 3 aromatic rings. The van der Waals surface area contributed by atoms with Crippen molar-refractivity contribution in [2.45, 2.75) is 30.7 Å². The third-order valence-corrected chi connectivity index (χ3v) is 5.75. The number of aliphatic hydroxyl groups is 4. The largest absolute Gasteiger partial charge is 0.504 e. The van der Waals surface area contributed by atoms with Crippen molar-refractivity contribution < 1.29 is 54.0 Å². The van der Waals surface area contributed by atoms with Crippen molar-refractivity contribution >= 4 is 11.0 Å². The van der Waals surface area contributed by atoms with Gasteiger partial charge in [-0.05, 0) is 17.7 Å². The van der Waals surface area contributed by atoms with Crippen LogP contribution in [0, 0.1) is 0 Å². The first-order valence-electron chi connectivity index (χ1n) is 10.4. The average molecular weight is 492 g/mol. The Hall–Kier alpha value is -3.55. The summed E-state index contributed by atoms with van der Waals surface area (Å²) in [6.07, 6.45) is -6.64. The molecule has 2 aromatic carbocycles. The van der Waals surface area contributed by atoms with Crippen LogP contribution in [-0.4, -0.2) is 82.2 Å². The van der Waals surface area contributed by atoms with Crippen LogP contribution in [0.15, 0.2) is 39.7 Å². The van der Waals surface area contributed by atoms with E-state index < -0.39 is 48.5 Å². The van der Waals surface area contributed by atoms with Crippen molar-refractivity contribution in [3.63, 3.8) is 0 Å². The monoisotopic (exact) mass is 492 g/mol. The molecule has 0 radical (unpaired) electrons. The number of hydrogen-bond acceptors (Lipinski definition) is 12. The van der Waals surface area contributed by atoms with Gasteiger partial charge in [0.05, 0.1) is 26.4 Å². The van der Waals surface area contributed by atoms with Gasteiger partial charge in [0, 0.05) is 6.07 Å². The first-order chi connectivity index (χ1) is 16.7. The van der Waals surface area contributed by atoms with Gasteiger partial charge >= 0.3 is 0 Å². The summed E-state index contributed by atoms with van der Waals surface area (Å²) in [4.78, 5) is 13.2. The summed E-state index contributed by atoms with van der Waals surface area (Å²) in [5.74, 6) is -1.12. The van der Waals surface area contributed by atoms with Crippen LogP contribution in [0.3, 0.4) is 0 Å². The molecule has 0 amide bonds. The Bertz CT molecular complexity index is 1280. The van der Waals surface area contributed by atoms with E-state index in [0.29, 0.717) is 5.56 Å². The quantitative estimate of drug-likeness (QED) is 0.272. The van der Waals surface area contributed by atoms with Crippen LogP contribution >= 0.6 is 0 Å². The molecule has 1 aliphatic rings. The maximum Gasteiger partial charge on any atom is 0.229 e. The number of methoxy groups -OCH3 is 2. The number of phenolic OH excluding ortho intramolecular Hbond substituents is 2. The molecule has 0 spiro atoms. The van der Waals surface area contributed by atoms with Crippen LogP contribution in [0.25, 0.3) is 22.1 Å². The van der Waals surface area contributed by atoms with Gasteiger partial charge < -0.3 is 54.0 Å². The number of phenols is 2. The highest BCUT2D eigenvalue weighted by atomic mass is 16.7. The maximum atomic E-state index is 13.2. The highest BCUT2D eigenvalue weighted by Crippen LogP contribution is 2.43. The standard InChI is InChI=1S/C23H24O12/c1-31-12-4-3-9(5-11(12)25)10-8-33-13-6-14(22(32-2)19(28)16(13)17(10)26)34-23-21(30)20(29)18(27)15(7-24)35-23/h3-6,8,15,18,20-21,23-25,27-30H,7H2,1-2H3/t15-,18+,20-,21-,23-/m1/s1. The number of hydrogen-bond donors (Lipinski definition) is 6. The van der Waals surface area contributed by atoms with Crippen molar-refractivity contribution in [1.29, 1.82) is 0 Å². The second-order valence-electron chi connectivity index (χ2n) is 7.81. The summed E-state index contributed by atoms with van der Waals surface area (Å²) in [6, 6.07) is 5.52. The van der Waals surface area contributed by atoms with Gasteiger partial charge in [0.1, 0.15) is 41.6 Å². The third-order valence-electron chi connectivity index (χ3n) is 5.75. The van der Waals surface area contributed by atoms with Crippen LogP contribution in [0.4, 0.5) is 0 Å². The van der Waals surface area contributed by atoms with Crippen LogP contribution in [0.2, 0.25) is 0 Å². The Morgan fingerprint density at radius 3 is 2.34 bits per heavy atom. The zero-order chi connectivity index (χ0) is 25.4. The molecule has 1 saturated heterocycles. The van der Waals surface area contributed by atoms with Crippen LogP contribution < -0.4 is 19.6 Å². The van der Waals surface area contributed by atoms with E-state index in [1.54, 1.807) is 0 Å². The van der Waals surface area contributed by atoms with E-state index in [1.807, 2.05) is 0 Å². The normalized spacial score (nSPS) is 24.3. The fraction of sp³-hybridized carbons (Fsp3) is 0.348.